The molecule has 0 spiro atoms. The van der Waals surface area contributed by atoms with E-state index in [0.29, 0.717) is 31.8 Å². The second kappa shape index (κ2) is 5.96. The lowest BCUT2D eigenvalue weighted by molar-refractivity contribution is -0.142. The van der Waals surface area contributed by atoms with Crippen molar-refractivity contribution in [2.75, 3.05) is 13.1 Å². The first kappa shape index (κ1) is 15.2. The Morgan fingerprint density at radius 1 is 1.21 bits per heavy atom. The molecule has 2 aromatic rings. The first-order valence-electron chi connectivity index (χ1n) is 8.69. The lowest BCUT2D eigenvalue weighted by atomic mass is 9.92. The molecule has 5 heteroatoms. The lowest BCUT2D eigenvalue weighted by Crippen LogP contribution is -2.30. The van der Waals surface area contributed by atoms with Crippen molar-refractivity contribution in [3.05, 3.63) is 36.0 Å². The number of nitrogens with one attached hydrogen (secondary N) is 1. The summed E-state index contributed by atoms with van der Waals surface area (Å²) in [6, 6.07) is 8.08. The van der Waals surface area contributed by atoms with Gasteiger partial charge in [-0.05, 0) is 42.7 Å². The number of likely N-dealkylation sites (tertiary alicyclic amines) is 1. The zero-order chi connectivity index (χ0) is 16.7. The van der Waals surface area contributed by atoms with Gasteiger partial charge in [-0.25, -0.2) is 0 Å². The van der Waals surface area contributed by atoms with Gasteiger partial charge in [0.15, 0.2) is 0 Å². The number of carbonyl (C=O) groups is 2. The van der Waals surface area contributed by atoms with Gasteiger partial charge in [-0.15, -0.1) is 0 Å². The average molecular weight is 326 g/mol. The SMILES string of the molecule is O=C(O)[C@H]1CN(C(=O)CCc2c[nH]c3ccccc23)C[C@@H]1C1CC1. The first-order valence-corrected chi connectivity index (χ1v) is 8.69. The van der Waals surface area contributed by atoms with E-state index < -0.39 is 5.97 Å². The summed E-state index contributed by atoms with van der Waals surface area (Å²) >= 11 is 0. The Morgan fingerprint density at radius 2 is 2.00 bits per heavy atom. The summed E-state index contributed by atoms with van der Waals surface area (Å²) < 4.78 is 0. The number of carboxylic acids is 1. The summed E-state index contributed by atoms with van der Waals surface area (Å²) in [5.41, 5.74) is 2.23. The minimum Gasteiger partial charge on any atom is -0.481 e. The highest BCUT2D eigenvalue weighted by molar-refractivity contribution is 5.84. The first-order chi connectivity index (χ1) is 11.6. The Balaban J connectivity index is 1.40. The predicted octanol–water partition coefficient (Wildman–Crippen LogP) is 2.67. The van der Waals surface area contributed by atoms with Crippen LogP contribution >= 0.6 is 0 Å². The number of aryl methyl sites for hydroxylation is 1. The van der Waals surface area contributed by atoms with E-state index in [0.717, 1.165) is 29.3 Å². The molecule has 0 radical (unpaired) electrons. The molecule has 0 bridgehead atoms. The normalized spacial score (nSPS) is 23.8. The molecule has 2 N–H and O–H groups in total. The highest BCUT2D eigenvalue weighted by Crippen LogP contribution is 2.44. The number of fused-ring (bicyclic) bond motifs is 1. The van der Waals surface area contributed by atoms with Crippen LogP contribution in [0.25, 0.3) is 10.9 Å². The summed E-state index contributed by atoms with van der Waals surface area (Å²) in [7, 11) is 0. The van der Waals surface area contributed by atoms with Gasteiger partial charge in [0, 0.05) is 36.6 Å². The van der Waals surface area contributed by atoms with E-state index in [9.17, 15) is 14.7 Å². The summed E-state index contributed by atoms with van der Waals surface area (Å²) in [4.78, 5) is 29.0. The fourth-order valence-electron chi connectivity index (χ4n) is 4.03. The number of para-hydroxylation sites is 1. The number of nitrogens with zero attached hydrogens (tertiary/aromatic N) is 1. The van der Waals surface area contributed by atoms with Crippen molar-refractivity contribution in [3.63, 3.8) is 0 Å². The Labute approximate surface area is 140 Å². The molecule has 1 aromatic carbocycles. The molecule has 1 aliphatic carbocycles. The summed E-state index contributed by atoms with van der Waals surface area (Å²) in [6.45, 7) is 0.998. The lowest BCUT2D eigenvalue weighted by Gasteiger charge is -2.16. The van der Waals surface area contributed by atoms with Gasteiger partial charge >= 0.3 is 5.97 Å². The number of rotatable bonds is 5. The number of aromatic nitrogens is 1. The van der Waals surface area contributed by atoms with Crippen LogP contribution in [0.2, 0.25) is 0 Å². The minimum atomic E-state index is -0.751. The molecule has 24 heavy (non-hydrogen) atoms. The van der Waals surface area contributed by atoms with E-state index >= 15 is 0 Å². The Hall–Kier alpha value is -2.30. The van der Waals surface area contributed by atoms with Gasteiger partial charge in [0.05, 0.1) is 5.92 Å². The standard InChI is InChI=1S/C19H22N2O3/c22-18(8-7-13-9-20-17-4-2-1-3-14(13)17)21-10-15(12-5-6-12)16(11-21)19(23)24/h1-4,9,12,15-16,20H,5-8,10-11H2,(H,23,24)/t15-,16+/m1/s1. The zero-order valence-corrected chi connectivity index (χ0v) is 13.6. The summed E-state index contributed by atoms with van der Waals surface area (Å²) in [5.74, 6) is -0.389. The Bertz CT molecular complexity index is 778. The van der Waals surface area contributed by atoms with Crippen LogP contribution in [0.4, 0.5) is 0 Å². The van der Waals surface area contributed by atoms with Crippen LogP contribution in [0.3, 0.4) is 0 Å². The smallest absolute Gasteiger partial charge is 0.308 e. The third-order valence-electron chi connectivity index (χ3n) is 5.55. The number of H-pyrrole nitrogens is 1. The van der Waals surface area contributed by atoms with E-state index in [1.165, 1.54) is 0 Å². The zero-order valence-electron chi connectivity index (χ0n) is 13.6. The van der Waals surface area contributed by atoms with Gasteiger partial charge < -0.3 is 15.0 Å². The topological polar surface area (TPSA) is 73.4 Å². The molecule has 1 aliphatic heterocycles. The molecule has 1 amide bonds. The quantitative estimate of drug-likeness (QED) is 0.887. The summed E-state index contributed by atoms with van der Waals surface area (Å²) in [5, 5.41) is 10.6. The van der Waals surface area contributed by atoms with Crippen molar-refractivity contribution in [2.24, 2.45) is 17.8 Å². The van der Waals surface area contributed by atoms with Gasteiger partial charge in [-0.2, -0.15) is 0 Å². The molecular weight excluding hydrogens is 304 g/mol. The third kappa shape index (κ3) is 2.79. The number of carboxylic acid groups (broad SMARTS) is 1. The van der Waals surface area contributed by atoms with Crippen molar-refractivity contribution in [2.45, 2.75) is 25.7 Å². The highest BCUT2D eigenvalue weighted by atomic mass is 16.4. The molecular formula is C19H22N2O3. The maximum absolute atomic E-state index is 12.6. The van der Waals surface area contributed by atoms with Crippen LogP contribution in [0.5, 0.6) is 0 Å². The number of hydrogen-bond acceptors (Lipinski definition) is 2. The van der Waals surface area contributed by atoms with E-state index in [-0.39, 0.29) is 17.7 Å². The van der Waals surface area contributed by atoms with Crippen LogP contribution in [0, 0.1) is 17.8 Å². The Kier molecular flexibility index (Phi) is 3.79. The number of hydrogen-bond donors (Lipinski definition) is 2. The van der Waals surface area contributed by atoms with Crippen LogP contribution in [0.15, 0.2) is 30.5 Å². The fourth-order valence-corrected chi connectivity index (χ4v) is 4.03. The van der Waals surface area contributed by atoms with Gasteiger partial charge in [0.1, 0.15) is 0 Å². The molecule has 1 saturated carbocycles. The van der Waals surface area contributed by atoms with Crippen LogP contribution in [-0.4, -0.2) is 40.0 Å². The number of carbonyl (C=O) groups excluding carboxylic acids is 1. The minimum absolute atomic E-state index is 0.0784. The van der Waals surface area contributed by atoms with E-state index in [2.05, 4.69) is 11.1 Å². The van der Waals surface area contributed by atoms with Crippen molar-refractivity contribution < 1.29 is 14.7 Å². The maximum atomic E-state index is 12.6. The largest absolute Gasteiger partial charge is 0.481 e. The Morgan fingerprint density at radius 3 is 2.75 bits per heavy atom. The summed E-state index contributed by atoms with van der Waals surface area (Å²) in [6.07, 6.45) is 5.32. The van der Waals surface area contributed by atoms with Crippen molar-refractivity contribution in [3.8, 4) is 0 Å². The average Bonchev–Trinajstić information content (AvgIpc) is 3.19. The number of aliphatic carboxylic acids is 1. The number of amides is 1. The molecule has 1 saturated heterocycles. The van der Waals surface area contributed by atoms with E-state index in [1.54, 1.807) is 4.90 Å². The predicted molar refractivity (Wildman–Crippen MR) is 90.5 cm³/mol. The van der Waals surface area contributed by atoms with E-state index in [4.69, 9.17) is 0 Å². The molecule has 2 atom stereocenters. The maximum Gasteiger partial charge on any atom is 0.308 e. The monoisotopic (exact) mass is 326 g/mol. The second-order valence-electron chi connectivity index (χ2n) is 7.10. The molecule has 5 nitrogen and oxygen atoms in total. The van der Waals surface area contributed by atoms with Crippen LogP contribution in [-0.2, 0) is 16.0 Å². The van der Waals surface area contributed by atoms with Crippen molar-refractivity contribution in [1.82, 2.24) is 9.88 Å². The molecule has 126 valence electrons. The molecule has 0 unspecified atom stereocenters. The fraction of sp³-hybridized carbons (Fsp3) is 0.474. The van der Waals surface area contributed by atoms with E-state index in [1.807, 2.05) is 24.4 Å². The molecule has 2 aliphatic rings. The molecule has 1 aromatic heterocycles. The van der Waals surface area contributed by atoms with Crippen LogP contribution < -0.4 is 0 Å². The molecule has 2 fully saturated rings. The molecule has 4 rings (SSSR count). The van der Waals surface area contributed by atoms with Gasteiger partial charge in [-0.3, -0.25) is 9.59 Å². The molecule has 2 heterocycles. The van der Waals surface area contributed by atoms with Crippen molar-refractivity contribution >= 4 is 22.8 Å². The van der Waals surface area contributed by atoms with Gasteiger partial charge in [0.2, 0.25) is 5.91 Å². The number of aromatic amines is 1. The number of benzene rings is 1. The van der Waals surface area contributed by atoms with Gasteiger partial charge in [-0.1, -0.05) is 18.2 Å². The van der Waals surface area contributed by atoms with Crippen molar-refractivity contribution in [1.29, 1.82) is 0 Å². The highest BCUT2D eigenvalue weighted by Gasteiger charge is 2.46. The third-order valence-corrected chi connectivity index (χ3v) is 5.55. The van der Waals surface area contributed by atoms with Gasteiger partial charge in [0.25, 0.3) is 0 Å². The van der Waals surface area contributed by atoms with Crippen LogP contribution in [0.1, 0.15) is 24.8 Å². The second-order valence-corrected chi connectivity index (χ2v) is 7.10.